The number of aromatic nitrogens is 2. The molecule has 16 heavy (non-hydrogen) atoms. The first-order chi connectivity index (χ1) is 7.74. The fraction of sp³-hybridized carbons (Fsp3) is 0.583. The summed E-state index contributed by atoms with van der Waals surface area (Å²) < 4.78 is 2.11. The van der Waals surface area contributed by atoms with Crippen LogP contribution in [0.25, 0.3) is 4.96 Å². The minimum Gasteiger partial charge on any atom is -0.297 e. The van der Waals surface area contributed by atoms with Crippen LogP contribution in [-0.2, 0) is 6.42 Å². The zero-order valence-electron chi connectivity index (χ0n) is 9.27. The van der Waals surface area contributed by atoms with Crippen LogP contribution in [0.3, 0.4) is 0 Å². The van der Waals surface area contributed by atoms with Gasteiger partial charge >= 0.3 is 0 Å². The molecule has 0 saturated heterocycles. The molecule has 0 radical (unpaired) electrons. The average molecular weight is 255 g/mol. The minimum absolute atomic E-state index is 0.369. The first-order valence-electron chi connectivity index (χ1n) is 5.79. The van der Waals surface area contributed by atoms with Crippen LogP contribution in [0.1, 0.15) is 25.5 Å². The molecule has 2 aromatic rings. The number of alkyl halides is 1. The van der Waals surface area contributed by atoms with Gasteiger partial charge < -0.3 is 0 Å². The van der Waals surface area contributed by atoms with E-state index in [1.165, 1.54) is 12.1 Å². The van der Waals surface area contributed by atoms with Gasteiger partial charge in [-0.1, -0.05) is 6.92 Å². The van der Waals surface area contributed by atoms with Crippen molar-refractivity contribution >= 4 is 27.9 Å². The van der Waals surface area contributed by atoms with Crippen molar-refractivity contribution in [3.05, 3.63) is 23.5 Å². The fourth-order valence-corrected chi connectivity index (χ4v) is 3.68. The largest absolute Gasteiger partial charge is 0.297 e. The van der Waals surface area contributed by atoms with E-state index in [0.29, 0.717) is 17.2 Å². The summed E-state index contributed by atoms with van der Waals surface area (Å²) in [6.07, 6.45) is 7.72. The first-order valence-corrected chi connectivity index (χ1v) is 7.11. The Kier molecular flexibility index (Phi) is 2.68. The molecule has 0 spiro atoms. The molecule has 1 saturated carbocycles. The second kappa shape index (κ2) is 4.04. The van der Waals surface area contributed by atoms with Crippen LogP contribution in [0.15, 0.2) is 17.8 Å². The lowest BCUT2D eigenvalue weighted by Gasteiger charge is -2.15. The van der Waals surface area contributed by atoms with Gasteiger partial charge in [-0.25, -0.2) is 4.98 Å². The van der Waals surface area contributed by atoms with Crippen LogP contribution < -0.4 is 0 Å². The van der Waals surface area contributed by atoms with Crippen molar-refractivity contribution in [2.24, 2.45) is 11.8 Å². The van der Waals surface area contributed by atoms with Gasteiger partial charge in [0.25, 0.3) is 0 Å². The van der Waals surface area contributed by atoms with Gasteiger partial charge in [0.1, 0.15) is 0 Å². The molecule has 0 aliphatic heterocycles. The van der Waals surface area contributed by atoms with Gasteiger partial charge in [-0.3, -0.25) is 4.40 Å². The normalized spacial score (nSPS) is 30.2. The van der Waals surface area contributed by atoms with E-state index in [4.69, 9.17) is 11.6 Å². The van der Waals surface area contributed by atoms with E-state index in [2.05, 4.69) is 34.1 Å². The number of fused-ring (bicyclic) bond motifs is 1. The topological polar surface area (TPSA) is 17.3 Å². The van der Waals surface area contributed by atoms with E-state index in [1.54, 1.807) is 11.3 Å². The molecule has 0 N–H and O–H groups in total. The highest BCUT2D eigenvalue weighted by atomic mass is 35.5. The summed E-state index contributed by atoms with van der Waals surface area (Å²) in [5.41, 5.74) is 1.22. The van der Waals surface area contributed by atoms with Crippen molar-refractivity contribution in [2.45, 2.75) is 31.6 Å². The van der Waals surface area contributed by atoms with Crippen molar-refractivity contribution in [3.63, 3.8) is 0 Å². The third kappa shape index (κ3) is 1.76. The van der Waals surface area contributed by atoms with Crippen LogP contribution in [0.2, 0.25) is 0 Å². The van der Waals surface area contributed by atoms with Crippen LogP contribution in [0.5, 0.6) is 0 Å². The van der Waals surface area contributed by atoms with Crippen molar-refractivity contribution in [1.29, 1.82) is 0 Å². The summed E-state index contributed by atoms with van der Waals surface area (Å²) >= 11 is 7.95. The molecule has 2 heterocycles. The molecule has 86 valence electrons. The van der Waals surface area contributed by atoms with Crippen molar-refractivity contribution in [3.8, 4) is 0 Å². The Labute approximate surface area is 104 Å². The molecule has 1 fully saturated rings. The minimum atomic E-state index is 0.369. The van der Waals surface area contributed by atoms with E-state index in [0.717, 1.165) is 17.8 Å². The number of imidazole rings is 1. The molecule has 2 nitrogen and oxygen atoms in total. The Bertz CT molecular complexity index is 461. The maximum Gasteiger partial charge on any atom is 0.193 e. The van der Waals surface area contributed by atoms with Gasteiger partial charge in [0.15, 0.2) is 4.96 Å². The average Bonchev–Trinajstić information content (AvgIpc) is 2.88. The standard InChI is InChI=1S/C12H15ClN2S/c1-8-9(2-3-11(8)13)6-10-7-15-4-5-16-12(15)14-10/h4-5,7-9,11H,2-3,6H2,1H3. The molecule has 1 aliphatic carbocycles. The van der Waals surface area contributed by atoms with Gasteiger partial charge in [-0.15, -0.1) is 22.9 Å². The molecule has 3 unspecified atom stereocenters. The zero-order chi connectivity index (χ0) is 11.1. The van der Waals surface area contributed by atoms with E-state index in [1.807, 2.05) is 0 Å². The molecule has 0 bridgehead atoms. The monoisotopic (exact) mass is 254 g/mol. The Morgan fingerprint density at radius 3 is 3.12 bits per heavy atom. The molecule has 1 aliphatic rings. The van der Waals surface area contributed by atoms with Gasteiger partial charge in [0.2, 0.25) is 0 Å². The van der Waals surface area contributed by atoms with E-state index < -0.39 is 0 Å². The van der Waals surface area contributed by atoms with Crippen LogP contribution >= 0.6 is 22.9 Å². The van der Waals surface area contributed by atoms with E-state index >= 15 is 0 Å². The molecule has 3 rings (SSSR count). The highest BCUT2D eigenvalue weighted by Crippen LogP contribution is 2.37. The lowest BCUT2D eigenvalue weighted by molar-refractivity contribution is 0.417. The smallest absolute Gasteiger partial charge is 0.193 e. The van der Waals surface area contributed by atoms with E-state index in [9.17, 15) is 0 Å². The Morgan fingerprint density at radius 2 is 2.44 bits per heavy atom. The number of hydrogen-bond acceptors (Lipinski definition) is 2. The molecule has 2 aromatic heterocycles. The molecular weight excluding hydrogens is 240 g/mol. The predicted molar refractivity (Wildman–Crippen MR) is 68.3 cm³/mol. The highest BCUT2D eigenvalue weighted by Gasteiger charge is 2.31. The SMILES string of the molecule is CC1C(Cl)CCC1Cc1cn2ccsc2n1. The van der Waals surface area contributed by atoms with Crippen LogP contribution in [0, 0.1) is 11.8 Å². The Balaban J connectivity index is 1.77. The van der Waals surface area contributed by atoms with Gasteiger partial charge in [0.05, 0.1) is 5.69 Å². The van der Waals surface area contributed by atoms with Crippen molar-refractivity contribution in [2.75, 3.05) is 0 Å². The second-order valence-corrected chi connectivity index (χ2v) is 6.18. The summed E-state index contributed by atoms with van der Waals surface area (Å²) in [5.74, 6) is 1.34. The quantitative estimate of drug-likeness (QED) is 0.749. The number of rotatable bonds is 2. The maximum absolute atomic E-state index is 6.26. The number of nitrogens with zero attached hydrogens (tertiary/aromatic N) is 2. The first kappa shape index (κ1) is 10.6. The molecule has 0 aromatic carbocycles. The summed E-state index contributed by atoms with van der Waals surface area (Å²) in [7, 11) is 0. The third-order valence-corrected chi connectivity index (χ3v) is 5.13. The zero-order valence-corrected chi connectivity index (χ0v) is 10.8. The van der Waals surface area contributed by atoms with Crippen LogP contribution in [0.4, 0.5) is 0 Å². The summed E-state index contributed by atoms with van der Waals surface area (Å²) in [6, 6.07) is 0. The molecule has 0 amide bonds. The van der Waals surface area contributed by atoms with E-state index in [-0.39, 0.29) is 0 Å². The predicted octanol–water partition coefficient (Wildman–Crippen LogP) is 3.59. The Morgan fingerprint density at radius 1 is 1.56 bits per heavy atom. The number of thiazole rings is 1. The molecular formula is C12H15ClN2S. The fourth-order valence-electron chi connectivity index (χ4n) is 2.63. The third-order valence-electron chi connectivity index (χ3n) is 3.74. The van der Waals surface area contributed by atoms with Crippen molar-refractivity contribution < 1.29 is 0 Å². The van der Waals surface area contributed by atoms with Gasteiger partial charge in [-0.05, 0) is 31.1 Å². The summed E-state index contributed by atoms with van der Waals surface area (Å²) in [4.78, 5) is 5.73. The lowest BCUT2D eigenvalue weighted by atomic mass is 9.93. The lowest BCUT2D eigenvalue weighted by Crippen LogP contribution is -2.13. The van der Waals surface area contributed by atoms with Crippen molar-refractivity contribution in [1.82, 2.24) is 9.38 Å². The molecule has 3 atom stereocenters. The maximum atomic E-state index is 6.26. The number of hydrogen-bond donors (Lipinski definition) is 0. The Hall–Kier alpha value is -0.540. The summed E-state index contributed by atoms with van der Waals surface area (Å²) in [5, 5.41) is 2.44. The number of halogens is 1. The molecule has 4 heteroatoms. The summed E-state index contributed by atoms with van der Waals surface area (Å²) in [6.45, 7) is 2.27. The highest BCUT2D eigenvalue weighted by molar-refractivity contribution is 7.15. The second-order valence-electron chi connectivity index (χ2n) is 4.74. The van der Waals surface area contributed by atoms with Crippen LogP contribution in [-0.4, -0.2) is 14.8 Å². The van der Waals surface area contributed by atoms with Gasteiger partial charge in [0, 0.05) is 23.2 Å². The van der Waals surface area contributed by atoms with Gasteiger partial charge in [-0.2, -0.15) is 0 Å².